The lowest BCUT2D eigenvalue weighted by Crippen LogP contribution is -2.67. The summed E-state index contributed by atoms with van der Waals surface area (Å²) in [5, 5.41) is 12.9. The van der Waals surface area contributed by atoms with Gasteiger partial charge in [-0.1, -0.05) is 61.3 Å². The van der Waals surface area contributed by atoms with E-state index in [9.17, 15) is 24.3 Å². The minimum atomic E-state index is -1.16. The van der Waals surface area contributed by atoms with Crippen LogP contribution in [0.15, 0.2) is 11.1 Å². The van der Waals surface area contributed by atoms with Gasteiger partial charge in [-0.15, -0.1) is 0 Å². The van der Waals surface area contributed by atoms with Gasteiger partial charge in [-0.3, -0.25) is 14.4 Å². The van der Waals surface area contributed by atoms with Crippen LogP contribution >= 0.6 is 0 Å². The number of ketones is 1. The quantitative estimate of drug-likeness (QED) is 0.234. The molecule has 274 valence electrons. The molecule has 6 aliphatic rings. The van der Waals surface area contributed by atoms with Gasteiger partial charge in [0.15, 0.2) is 5.78 Å². The maximum Gasteiger partial charge on any atom is 0.407 e. The molecule has 49 heavy (non-hydrogen) atoms. The first-order chi connectivity index (χ1) is 22.7. The molecular formula is C41H63NO7. The standard InChI is InChI=1S/C41H63NO7/c1-24(2)32-27(43)22-41(42-35(47)48-21-16-25-10-11-25)20-19-39(8)26(33(32)41)12-13-29-38(7)17-15-30(49-31(44)23-36(3,4)34(45)46)37(5,6)28(38)14-18-40(29,39)9/h24-26,28-30H,10-23H2,1-9H3,(H,42,47)(H,45,46)/t26?,28?,29?,30-,38-,39+,40+,41?/m0/s1. The summed E-state index contributed by atoms with van der Waals surface area (Å²) >= 11 is 0. The summed E-state index contributed by atoms with van der Waals surface area (Å²) in [6.07, 6.45) is 10.6. The van der Waals surface area contributed by atoms with Gasteiger partial charge in [0.05, 0.1) is 24.0 Å². The Bertz CT molecular complexity index is 1420. The zero-order chi connectivity index (χ0) is 35.9. The van der Waals surface area contributed by atoms with E-state index in [2.05, 4.69) is 53.8 Å². The highest BCUT2D eigenvalue weighted by Gasteiger charge is 2.70. The van der Waals surface area contributed by atoms with Crippen molar-refractivity contribution in [3.8, 4) is 0 Å². The maximum absolute atomic E-state index is 13.8. The Balaban J connectivity index is 1.26. The molecule has 0 heterocycles. The van der Waals surface area contributed by atoms with Crippen LogP contribution in [-0.4, -0.2) is 47.2 Å². The van der Waals surface area contributed by atoms with Crippen LogP contribution in [0, 0.1) is 56.7 Å². The van der Waals surface area contributed by atoms with E-state index in [1.54, 1.807) is 13.8 Å². The summed E-state index contributed by atoms with van der Waals surface area (Å²) in [5.74, 6) is 0.635. The second kappa shape index (κ2) is 12.1. The second-order valence-electron chi connectivity index (χ2n) is 19.5. The topological polar surface area (TPSA) is 119 Å². The summed E-state index contributed by atoms with van der Waals surface area (Å²) < 4.78 is 11.9. The number of rotatable bonds is 9. The number of carbonyl (C=O) groups is 4. The van der Waals surface area contributed by atoms with Crippen LogP contribution in [0.3, 0.4) is 0 Å². The minimum Gasteiger partial charge on any atom is -0.481 e. The second-order valence-corrected chi connectivity index (χ2v) is 19.5. The van der Waals surface area contributed by atoms with E-state index < -0.39 is 22.9 Å². The SMILES string of the molecule is CC(C)C1=C2C3CCC4[C@@]5(C)CC[C@H](OC(=O)CC(C)(C)C(=O)O)C(C)(C)C5CC[C@@]4(C)[C@]3(C)CCC2(NC(=O)OCCC2CC2)CC1=O. The van der Waals surface area contributed by atoms with Gasteiger partial charge in [0, 0.05) is 11.8 Å². The first-order valence-corrected chi connectivity index (χ1v) is 19.4. The Labute approximate surface area is 294 Å². The van der Waals surface area contributed by atoms with Crippen molar-refractivity contribution in [1.29, 1.82) is 0 Å². The molecule has 0 aromatic carbocycles. The van der Waals surface area contributed by atoms with Crippen LogP contribution in [0.2, 0.25) is 0 Å². The van der Waals surface area contributed by atoms with E-state index in [0.29, 0.717) is 30.8 Å². The smallest absolute Gasteiger partial charge is 0.407 e. The summed E-state index contributed by atoms with van der Waals surface area (Å²) in [4.78, 5) is 51.9. The molecule has 5 saturated carbocycles. The Hall–Kier alpha value is -2.38. The molecule has 0 spiro atoms. The Morgan fingerprint density at radius 1 is 0.898 bits per heavy atom. The third kappa shape index (κ3) is 5.77. The molecule has 0 aromatic rings. The third-order valence-electron chi connectivity index (χ3n) is 15.6. The molecule has 0 bridgehead atoms. The van der Waals surface area contributed by atoms with Crippen molar-refractivity contribution in [3.63, 3.8) is 0 Å². The maximum atomic E-state index is 13.8. The van der Waals surface area contributed by atoms with Crippen LogP contribution in [-0.2, 0) is 23.9 Å². The number of hydrogen-bond donors (Lipinski definition) is 2. The fourth-order valence-corrected chi connectivity index (χ4v) is 12.5. The number of amides is 1. The molecule has 1 amide bonds. The fourth-order valence-electron chi connectivity index (χ4n) is 12.5. The average molecular weight is 682 g/mol. The summed E-state index contributed by atoms with van der Waals surface area (Å²) in [5.41, 5.74) is 0.187. The van der Waals surface area contributed by atoms with Crippen LogP contribution in [0.4, 0.5) is 4.79 Å². The van der Waals surface area contributed by atoms with E-state index in [-0.39, 0.29) is 57.9 Å². The molecule has 0 radical (unpaired) electrons. The molecule has 2 N–H and O–H groups in total. The zero-order valence-electron chi connectivity index (χ0n) is 31.8. The summed E-state index contributed by atoms with van der Waals surface area (Å²) in [6, 6.07) is 0. The number of fused-ring (bicyclic) bond motifs is 7. The van der Waals surface area contributed by atoms with Gasteiger partial charge in [0.1, 0.15) is 6.10 Å². The van der Waals surface area contributed by atoms with Crippen molar-refractivity contribution in [2.75, 3.05) is 6.61 Å². The van der Waals surface area contributed by atoms with Gasteiger partial charge in [-0.05, 0) is 129 Å². The predicted octanol–water partition coefficient (Wildman–Crippen LogP) is 8.66. The van der Waals surface area contributed by atoms with Gasteiger partial charge in [0.25, 0.3) is 0 Å². The molecule has 0 aromatic heterocycles. The lowest BCUT2D eigenvalue weighted by Gasteiger charge is -2.72. The highest BCUT2D eigenvalue weighted by molar-refractivity contribution is 6.02. The molecule has 6 rings (SSSR count). The third-order valence-corrected chi connectivity index (χ3v) is 15.6. The molecule has 6 aliphatic carbocycles. The lowest BCUT2D eigenvalue weighted by molar-refractivity contribution is -0.232. The first-order valence-electron chi connectivity index (χ1n) is 19.4. The highest BCUT2D eigenvalue weighted by Crippen LogP contribution is 2.76. The number of allylic oxidation sites excluding steroid dienone is 1. The zero-order valence-corrected chi connectivity index (χ0v) is 31.8. The fraction of sp³-hybridized carbons (Fsp3) is 0.854. The van der Waals surface area contributed by atoms with Crippen molar-refractivity contribution < 1.29 is 33.8 Å². The largest absolute Gasteiger partial charge is 0.481 e. The predicted molar refractivity (Wildman–Crippen MR) is 187 cm³/mol. The average Bonchev–Trinajstić information content (AvgIpc) is 3.75. The van der Waals surface area contributed by atoms with E-state index in [1.165, 1.54) is 18.4 Å². The molecule has 8 atom stereocenters. The number of Topliss-reactive ketones (excluding diaryl/α,β-unsaturated/α-hetero) is 1. The number of carboxylic acids is 1. The van der Waals surface area contributed by atoms with Crippen LogP contribution in [0.25, 0.3) is 0 Å². The molecule has 0 saturated heterocycles. The van der Waals surface area contributed by atoms with Crippen molar-refractivity contribution >= 4 is 23.8 Å². The van der Waals surface area contributed by atoms with Crippen molar-refractivity contribution in [3.05, 3.63) is 11.1 Å². The van der Waals surface area contributed by atoms with Gasteiger partial charge < -0.3 is 19.9 Å². The van der Waals surface area contributed by atoms with Crippen molar-refractivity contribution in [2.45, 2.75) is 157 Å². The number of nitrogens with one attached hydrogen (secondary N) is 1. The van der Waals surface area contributed by atoms with Gasteiger partial charge >= 0.3 is 18.0 Å². The summed E-state index contributed by atoms with van der Waals surface area (Å²) in [7, 11) is 0. The lowest BCUT2D eigenvalue weighted by atomic mass is 9.33. The molecule has 0 aliphatic heterocycles. The van der Waals surface area contributed by atoms with E-state index in [4.69, 9.17) is 9.47 Å². The van der Waals surface area contributed by atoms with Crippen LogP contribution < -0.4 is 5.32 Å². The Kier molecular flexibility index (Phi) is 9.00. The number of esters is 1. The minimum absolute atomic E-state index is 0.0269. The van der Waals surface area contributed by atoms with Crippen LogP contribution in [0.5, 0.6) is 0 Å². The van der Waals surface area contributed by atoms with E-state index in [0.717, 1.165) is 63.4 Å². The number of carboxylic acid groups (broad SMARTS) is 1. The van der Waals surface area contributed by atoms with Gasteiger partial charge in [0.2, 0.25) is 0 Å². The van der Waals surface area contributed by atoms with Crippen LogP contribution in [0.1, 0.15) is 146 Å². The molecule has 5 fully saturated rings. The first kappa shape index (κ1) is 36.4. The van der Waals surface area contributed by atoms with Gasteiger partial charge in [-0.25, -0.2) is 4.79 Å². The molecule has 4 unspecified atom stereocenters. The number of carbonyl (C=O) groups excluding carboxylic acids is 3. The molecular weight excluding hydrogens is 618 g/mol. The number of alkyl carbamates (subject to hydrolysis) is 1. The number of ether oxygens (including phenoxy) is 2. The normalized spacial score (nSPS) is 39.8. The van der Waals surface area contributed by atoms with E-state index in [1.807, 2.05) is 0 Å². The van der Waals surface area contributed by atoms with E-state index >= 15 is 0 Å². The molecule has 8 nitrogen and oxygen atoms in total. The summed E-state index contributed by atoms with van der Waals surface area (Å²) in [6.45, 7) is 19.9. The highest BCUT2D eigenvalue weighted by atomic mass is 16.6. The van der Waals surface area contributed by atoms with Crippen molar-refractivity contribution in [1.82, 2.24) is 5.32 Å². The monoisotopic (exact) mass is 681 g/mol. The Morgan fingerprint density at radius 3 is 2.22 bits per heavy atom. The number of hydrogen-bond acceptors (Lipinski definition) is 6. The van der Waals surface area contributed by atoms with Crippen molar-refractivity contribution in [2.24, 2.45) is 56.7 Å². The number of aliphatic carboxylic acids is 1. The molecule has 8 heteroatoms. The van der Waals surface area contributed by atoms with Gasteiger partial charge in [-0.2, -0.15) is 0 Å². The Morgan fingerprint density at radius 2 is 1.59 bits per heavy atom.